The molecule has 0 radical (unpaired) electrons. The molecule has 11 heteroatoms. The summed E-state index contributed by atoms with van der Waals surface area (Å²) in [6.07, 6.45) is 0. The Balaban J connectivity index is 0.000000321. The van der Waals surface area contributed by atoms with Crippen molar-refractivity contribution in [1.29, 1.82) is 0 Å². The summed E-state index contributed by atoms with van der Waals surface area (Å²) >= 11 is 0. The van der Waals surface area contributed by atoms with Gasteiger partial charge in [-0.2, -0.15) is 16.8 Å². The molecule has 9 nitrogen and oxygen atoms in total. The minimum atomic E-state index is -5.12. The predicted octanol–water partition coefficient (Wildman–Crippen LogP) is -0.109. The summed E-state index contributed by atoms with van der Waals surface area (Å²) in [7, 11) is -10.2. The van der Waals surface area contributed by atoms with Crippen molar-refractivity contribution < 1.29 is 34.7 Å². The van der Waals surface area contributed by atoms with Crippen LogP contribution >= 0.6 is 0 Å². The number of benzene rings is 1. The fourth-order valence-corrected chi connectivity index (χ4v) is 1.66. The second kappa shape index (κ2) is 5.97. The highest BCUT2D eigenvalue weighted by Gasteiger charge is 2.15. The third-order valence-electron chi connectivity index (χ3n) is 1.39. The van der Waals surface area contributed by atoms with Gasteiger partial charge in [-0.1, -0.05) is 0 Å². The number of hydrogen-bond donors (Lipinski definition) is 4. The first-order valence-corrected chi connectivity index (χ1v) is 6.85. The third-order valence-corrected chi connectivity index (χ3v) is 2.77. The Bertz CT molecular complexity index is 576. The van der Waals surface area contributed by atoms with Gasteiger partial charge in [0.1, 0.15) is 5.75 Å². The first kappa shape index (κ1) is 16.6. The minimum Gasteiger partial charge on any atom is -0.508 e. The van der Waals surface area contributed by atoms with Gasteiger partial charge in [0.25, 0.3) is 0 Å². The van der Waals surface area contributed by atoms with Crippen molar-refractivity contribution in [2.45, 2.75) is 6.92 Å². The molecule has 5 N–H and O–H groups in total. The number of nitrogens with two attached hydrogens (primary N) is 1. The Labute approximate surface area is 104 Å². The lowest BCUT2D eigenvalue weighted by Crippen LogP contribution is -2.10. The maximum Gasteiger partial charge on any atom is 0.413 e. The quantitative estimate of drug-likeness (QED) is 0.331. The van der Waals surface area contributed by atoms with Crippen LogP contribution < -0.4 is 5.73 Å². The Morgan fingerprint density at radius 3 is 1.78 bits per heavy atom. The van der Waals surface area contributed by atoms with Crippen LogP contribution in [0.5, 0.6) is 5.75 Å². The van der Waals surface area contributed by atoms with E-state index in [9.17, 15) is 16.8 Å². The Kier molecular flexibility index (Phi) is 5.51. The third kappa shape index (κ3) is 8.72. The van der Waals surface area contributed by atoms with Crippen molar-refractivity contribution in [3.05, 3.63) is 23.8 Å². The average Bonchev–Trinajstić information content (AvgIpc) is 2.06. The lowest BCUT2D eigenvalue weighted by atomic mass is 10.2. The van der Waals surface area contributed by atoms with Crippen LogP contribution in [-0.4, -0.2) is 31.0 Å². The molecule has 1 rings (SSSR count). The van der Waals surface area contributed by atoms with Gasteiger partial charge in [0.15, 0.2) is 0 Å². The topological polar surface area (TPSA) is 164 Å². The van der Waals surface area contributed by atoms with Crippen molar-refractivity contribution in [3.63, 3.8) is 0 Å². The summed E-state index contributed by atoms with van der Waals surface area (Å²) in [5, 5.41) is 8.99. The Hall–Kier alpha value is -1.40. The molecule has 0 aliphatic heterocycles. The minimum absolute atomic E-state index is 0.296. The number of aryl methyl sites for hydroxylation is 1. The normalized spacial score (nSPS) is 11.5. The van der Waals surface area contributed by atoms with Crippen LogP contribution in [0, 0.1) is 6.92 Å². The van der Waals surface area contributed by atoms with Crippen LogP contribution in [0.4, 0.5) is 5.69 Å². The number of anilines is 1. The largest absolute Gasteiger partial charge is 0.508 e. The van der Waals surface area contributed by atoms with E-state index in [0.29, 0.717) is 11.4 Å². The summed E-state index contributed by atoms with van der Waals surface area (Å²) in [6, 6.07) is 4.99. The molecule has 0 amide bonds. The van der Waals surface area contributed by atoms with E-state index in [4.69, 9.17) is 19.9 Å². The smallest absolute Gasteiger partial charge is 0.413 e. The van der Waals surface area contributed by atoms with Crippen molar-refractivity contribution >= 4 is 26.5 Å². The zero-order valence-electron chi connectivity index (χ0n) is 9.01. The van der Waals surface area contributed by atoms with Gasteiger partial charge < -0.3 is 10.8 Å². The maximum absolute atomic E-state index is 9.44. The standard InChI is InChI=1S/C7H9NO.H2O7S2/c1-5-4-6(8)2-3-7(5)9;1-8(2,3)7-9(4,5)6/h2-4,9H,8H2,1H3;(H,1,2,3)(H,4,5,6). The molecule has 0 fully saturated rings. The average molecular weight is 301 g/mol. The van der Waals surface area contributed by atoms with Gasteiger partial charge in [-0.05, 0) is 30.7 Å². The van der Waals surface area contributed by atoms with Gasteiger partial charge in [0.05, 0.1) is 0 Å². The van der Waals surface area contributed by atoms with E-state index >= 15 is 0 Å². The van der Waals surface area contributed by atoms with E-state index in [0.717, 1.165) is 5.56 Å². The summed E-state index contributed by atoms with van der Waals surface area (Å²) in [4.78, 5) is 0. The van der Waals surface area contributed by atoms with Gasteiger partial charge in [0, 0.05) is 5.69 Å². The van der Waals surface area contributed by atoms with Crippen LogP contribution in [0.15, 0.2) is 18.2 Å². The fraction of sp³-hybridized carbons (Fsp3) is 0.143. The van der Waals surface area contributed by atoms with E-state index < -0.39 is 20.8 Å². The first-order chi connectivity index (χ1) is 7.91. The van der Waals surface area contributed by atoms with Gasteiger partial charge >= 0.3 is 20.8 Å². The van der Waals surface area contributed by atoms with Crippen LogP contribution in [0.2, 0.25) is 0 Å². The van der Waals surface area contributed by atoms with Crippen LogP contribution in [-0.2, 0) is 24.4 Å². The highest BCUT2D eigenvalue weighted by atomic mass is 32.3. The summed E-state index contributed by atoms with van der Waals surface area (Å²) in [6.45, 7) is 1.81. The highest BCUT2D eigenvalue weighted by molar-refractivity contribution is 7.94. The second-order valence-electron chi connectivity index (χ2n) is 2.97. The molecule has 1 aromatic carbocycles. The number of rotatable bonds is 2. The molecule has 0 heterocycles. The number of phenols is 1. The molecule has 0 unspecified atom stereocenters. The van der Waals surface area contributed by atoms with Gasteiger partial charge in [-0.3, -0.25) is 9.11 Å². The monoisotopic (exact) mass is 301 g/mol. The fourth-order valence-electron chi connectivity index (χ4n) is 0.787. The molecular formula is C7H11NO8S2. The van der Waals surface area contributed by atoms with Gasteiger partial charge in [-0.25, -0.2) is 0 Å². The van der Waals surface area contributed by atoms with E-state index in [1.807, 2.05) is 6.92 Å². The van der Waals surface area contributed by atoms with Crippen LogP contribution in [0.3, 0.4) is 0 Å². The molecule has 0 aliphatic rings. The van der Waals surface area contributed by atoms with Gasteiger partial charge in [0.2, 0.25) is 0 Å². The maximum atomic E-state index is 9.44. The van der Waals surface area contributed by atoms with Crippen molar-refractivity contribution in [1.82, 2.24) is 0 Å². The van der Waals surface area contributed by atoms with E-state index in [-0.39, 0.29) is 0 Å². The zero-order valence-corrected chi connectivity index (χ0v) is 10.6. The molecule has 1 aromatic rings. The van der Waals surface area contributed by atoms with Gasteiger partial charge in [-0.15, -0.1) is 3.63 Å². The first-order valence-electron chi connectivity index (χ1n) is 4.12. The predicted molar refractivity (Wildman–Crippen MR) is 61.4 cm³/mol. The lowest BCUT2D eigenvalue weighted by molar-refractivity contribution is 0.344. The lowest BCUT2D eigenvalue weighted by Gasteiger charge is -1.97. The number of phenolic OH excluding ortho intramolecular Hbond substituents is 1. The molecule has 0 spiro atoms. The SMILES string of the molecule is Cc1cc(N)ccc1O.O=S(=O)(O)OS(=O)(=O)O. The summed E-state index contributed by atoms with van der Waals surface area (Å²) in [5.41, 5.74) is 6.92. The second-order valence-corrected chi connectivity index (χ2v) is 5.22. The van der Waals surface area contributed by atoms with Crippen molar-refractivity contribution in [3.8, 4) is 5.75 Å². The molecule has 0 saturated heterocycles. The van der Waals surface area contributed by atoms with Crippen molar-refractivity contribution in [2.24, 2.45) is 0 Å². The number of aromatic hydroxyl groups is 1. The molecule has 0 bridgehead atoms. The van der Waals surface area contributed by atoms with Crippen molar-refractivity contribution in [2.75, 3.05) is 5.73 Å². The highest BCUT2D eigenvalue weighted by Crippen LogP contribution is 2.17. The molecule has 104 valence electrons. The molecule has 0 atom stereocenters. The number of nitrogen functional groups attached to an aromatic ring is 1. The Morgan fingerprint density at radius 1 is 1.11 bits per heavy atom. The molecule has 0 saturated carbocycles. The van der Waals surface area contributed by atoms with E-state index in [2.05, 4.69) is 3.63 Å². The zero-order chi connectivity index (χ0) is 14.6. The molecule has 18 heavy (non-hydrogen) atoms. The summed E-state index contributed by atoms with van der Waals surface area (Å²) < 4.78 is 55.6. The number of hydrogen-bond acceptors (Lipinski definition) is 7. The van der Waals surface area contributed by atoms with E-state index in [1.54, 1.807) is 18.2 Å². The molecule has 0 aliphatic carbocycles. The molecule has 0 aromatic heterocycles. The summed E-state index contributed by atoms with van der Waals surface area (Å²) in [5.74, 6) is 0.296. The Morgan fingerprint density at radius 2 is 1.56 bits per heavy atom. The van der Waals surface area contributed by atoms with Crippen LogP contribution in [0.25, 0.3) is 0 Å². The molecular weight excluding hydrogens is 290 g/mol. The van der Waals surface area contributed by atoms with E-state index in [1.165, 1.54) is 0 Å². The van der Waals surface area contributed by atoms with Crippen LogP contribution in [0.1, 0.15) is 5.56 Å².